The van der Waals surface area contributed by atoms with Gasteiger partial charge in [-0.05, 0) is 25.7 Å². The maximum Gasteiger partial charge on any atom is 0.101 e. The van der Waals surface area contributed by atoms with E-state index in [-0.39, 0.29) is 0 Å². The Morgan fingerprint density at radius 3 is 0.700 bits per heavy atom. The van der Waals surface area contributed by atoms with Crippen molar-refractivity contribution in [1.82, 2.24) is 9.80 Å². The normalized spacial score (nSPS) is 14.5. The molecule has 0 fully saturated rings. The van der Waals surface area contributed by atoms with Gasteiger partial charge in [-0.3, -0.25) is 0 Å². The molecule has 50 heavy (non-hydrogen) atoms. The Morgan fingerprint density at radius 1 is 0.260 bits per heavy atom. The highest BCUT2D eigenvalue weighted by atomic mass is 15.4. The molecule has 1 aliphatic heterocycles. The van der Waals surface area contributed by atoms with Crippen molar-refractivity contribution >= 4 is 0 Å². The van der Waals surface area contributed by atoms with Gasteiger partial charge in [0.1, 0.15) is 6.17 Å². The molecule has 2 nitrogen and oxygen atoms in total. The molecule has 0 saturated heterocycles. The summed E-state index contributed by atoms with van der Waals surface area (Å²) in [6.45, 7) is 9.49. The molecule has 0 aliphatic carbocycles. The maximum atomic E-state index is 2.74. The highest BCUT2D eigenvalue weighted by Gasteiger charge is 2.24. The minimum Gasteiger partial charge on any atom is -0.356 e. The summed E-state index contributed by atoms with van der Waals surface area (Å²) in [6, 6.07) is 0. The van der Waals surface area contributed by atoms with Crippen LogP contribution in [0, 0.1) is 0 Å². The maximum absolute atomic E-state index is 2.74. The molecule has 0 aromatic rings. The van der Waals surface area contributed by atoms with Crippen LogP contribution in [0.2, 0.25) is 0 Å². The molecule has 0 aromatic carbocycles. The summed E-state index contributed by atoms with van der Waals surface area (Å²) >= 11 is 0. The molecule has 0 spiro atoms. The van der Waals surface area contributed by atoms with Crippen molar-refractivity contribution in [2.45, 2.75) is 284 Å². The lowest BCUT2D eigenvalue weighted by Gasteiger charge is -2.33. The van der Waals surface area contributed by atoms with Crippen molar-refractivity contribution in [1.29, 1.82) is 0 Å². The van der Waals surface area contributed by atoms with E-state index in [0.717, 1.165) is 0 Å². The summed E-state index contributed by atoms with van der Waals surface area (Å²) in [6.07, 6.45) is 63.4. The smallest absolute Gasteiger partial charge is 0.101 e. The lowest BCUT2D eigenvalue weighted by atomic mass is 10.0. The Labute approximate surface area is 318 Å². The predicted octanol–water partition coefficient (Wildman–Crippen LogP) is 17.1. The molecule has 0 radical (unpaired) electrons. The molecule has 0 aromatic heterocycles. The van der Waals surface area contributed by atoms with Crippen molar-refractivity contribution in [3.8, 4) is 0 Å². The summed E-state index contributed by atoms with van der Waals surface area (Å²) in [5, 5.41) is 0. The molecule has 298 valence electrons. The molecular weight excluding hydrogens is 605 g/mol. The van der Waals surface area contributed by atoms with E-state index in [4.69, 9.17) is 0 Å². The van der Waals surface area contributed by atoms with Gasteiger partial charge in [0.15, 0.2) is 0 Å². The quantitative estimate of drug-likeness (QED) is 0.0585. The van der Waals surface area contributed by atoms with Crippen LogP contribution in [-0.2, 0) is 0 Å². The number of unbranched alkanes of at least 4 members (excludes halogenated alkanes) is 36. The van der Waals surface area contributed by atoms with Crippen molar-refractivity contribution < 1.29 is 0 Å². The third-order valence-electron chi connectivity index (χ3n) is 11.8. The summed E-state index contributed by atoms with van der Waals surface area (Å²) < 4.78 is 0. The lowest BCUT2D eigenvalue weighted by molar-refractivity contribution is 0.135. The van der Waals surface area contributed by atoms with Crippen LogP contribution in [-0.4, -0.2) is 29.1 Å². The minimum absolute atomic E-state index is 0.637. The van der Waals surface area contributed by atoms with Crippen molar-refractivity contribution in [2.75, 3.05) is 13.1 Å². The average molecular weight is 701 g/mol. The lowest BCUT2D eigenvalue weighted by Crippen LogP contribution is -2.39. The van der Waals surface area contributed by atoms with Crippen LogP contribution >= 0.6 is 0 Å². The zero-order valence-corrected chi connectivity index (χ0v) is 35.3. The van der Waals surface area contributed by atoms with E-state index < -0.39 is 0 Å². The molecule has 1 aliphatic rings. The number of rotatable bonds is 42. The summed E-state index contributed by atoms with van der Waals surface area (Å²) in [5.74, 6) is 0. The number of nitrogens with zero attached hydrogens (tertiary/aromatic N) is 2. The third kappa shape index (κ3) is 30.9. The molecule has 0 amide bonds. The van der Waals surface area contributed by atoms with Gasteiger partial charge in [-0.15, -0.1) is 0 Å². The molecule has 2 heteroatoms. The van der Waals surface area contributed by atoms with Gasteiger partial charge in [0.2, 0.25) is 0 Å². The summed E-state index contributed by atoms with van der Waals surface area (Å²) in [7, 11) is 0. The van der Waals surface area contributed by atoms with Gasteiger partial charge in [0.05, 0.1) is 0 Å². The van der Waals surface area contributed by atoms with Crippen molar-refractivity contribution in [3.63, 3.8) is 0 Å². The number of hydrogen-bond donors (Lipinski definition) is 0. The molecule has 1 unspecified atom stereocenters. The Morgan fingerprint density at radius 2 is 0.460 bits per heavy atom. The van der Waals surface area contributed by atoms with Gasteiger partial charge < -0.3 is 9.80 Å². The molecule has 0 bridgehead atoms. The van der Waals surface area contributed by atoms with Crippen LogP contribution in [0.1, 0.15) is 278 Å². The monoisotopic (exact) mass is 701 g/mol. The van der Waals surface area contributed by atoms with Crippen LogP contribution in [0.3, 0.4) is 0 Å². The van der Waals surface area contributed by atoms with Crippen molar-refractivity contribution in [2.24, 2.45) is 0 Å². The van der Waals surface area contributed by atoms with Crippen LogP contribution in [0.15, 0.2) is 12.4 Å². The zero-order valence-electron chi connectivity index (χ0n) is 35.3. The minimum atomic E-state index is 0.637. The highest BCUT2D eigenvalue weighted by molar-refractivity contribution is 4.97. The van der Waals surface area contributed by atoms with E-state index in [0.29, 0.717) is 6.17 Å². The second-order valence-electron chi connectivity index (χ2n) is 16.8. The van der Waals surface area contributed by atoms with E-state index >= 15 is 0 Å². The SMILES string of the molecule is CCCCCCCCCCCCCCCCCCC1N(CCCCCCCCCCC)C=CN1CCCCCCCCCCCCCCCC. The van der Waals surface area contributed by atoms with Gasteiger partial charge in [0.25, 0.3) is 0 Å². The topological polar surface area (TPSA) is 6.48 Å². The average Bonchev–Trinajstić information content (AvgIpc) is 3.51. The summed E-state index contributed by atoms with van der Waals surface area (Å²) in [5.41, 5.74) is 0. The van der Waals surface area contributed by atoms with Gasteiger partial charge in [0, 0.05) is 25.5 Å². The molecular formula is C48H96N2. The molecule has 1 atom stereocenters. The van der Waals surface area contributed by atoms with E-state index in [9.17, 15) is 0 Å². The fourth-order valence-corrected chi connectivity index (χ4v) is 8.31. The second-order valence-corrected chi connectivity index (χ2v) is 16.8. The molecule has 1 rings (SSSR count). The predicted molar refractivity (Wildman–Crippen MR) is 228 cm³/mol. The van der Waals surface area contributed by atoms with Gasteiger partial charge >= 0.3 is 0 Å². The Hall–Kier alpha value is -0.660. The second kappa shape index (κ2) is 39.5. The molecule has 1 heterocycles. The Kier molecular flexibility index (Phi) is 37.5. The largest absolute Gasteiger partial charge is 0.356 e. The van der Waals surface area contributed by atoms with E-state index in [1.165, 1.54) is 270 Å². The van der Waals surface area contributed by atoms with Crippen LogP contribution in [0.4, 0.5) is 0 Å². The highest BCUT2D eigenvalue weighted by Crippen LogP contribution is 2.24. The Balaban J connectivity index is 2.18. The Bertz CT molecular complexity index is 659. The van der Waals surface area contributed by atoms with Crippen LogP contribution < -0.4 is 0 Å². The van der Waals surface area contributed by atoms with Crippen LogP contribution in [0.25, 0.3) is 0 Å². The molecule has 0 N–H and O–H groups in total. The molecule has 0 saturated carbocycles. The first-order chi connectivity index (χ1) is 24.8. The van der Waals surface area contributed by atoms with E-state index in [2.05, 4.69) is 43.0 Å². The summed E-state index contributed by atoms with van der Waals surface area (Å²) in [4.78, 5) is 5.47. The van der Waals surface area contributed by atoms with E-state index in [1.54, 1.807) is 0 Å². The van der Waals surface area contributed by atoms with Gasteiger partial charge in [-0.2, -0.15) is 0 Å². The fourth-order valence-electron chi connectivity index (χ4n) is 8.31. The van der Waals surface area contributed by atoms with Crippen molar-refractivity contribution in [3.05, 3.63) is 12.4 Å². The zero-order chi connectivity index (χ0) is 35.8. The first-order valence-corrected chi connectivity index (χ1v) is 24.0. The van der Waals surface area contributed by atoms with Gasteiger partial charge in [-0.1, -0.05) is 252 Å². The first-order valence-electron chi connectivity index (χ1n) is 24.0. The van der Waals surface area contributed by atoms with E-state index in [1.807, 2.05) is 0 Å². The first kappa shape index (κ1) is 47.4. The van der Waals surface area contributed by atoms with Gasteiger partial charge in [-0.25, -0.2) is 0 Å². The number of hydrogen-bond acceptors (Lipinski definition) is 2. The van der Waals surface area contributed by atoms with Crippen LogP contribution in [0.5, 0.6) is 0 Å². The fraction of sp³-hybridized carbons (Fsp3) is 0.958. The third-order valence-corrected chi connectivity index (χ3v) is 11.8. The standard InChI is InChI=1S/C48H96N2/c1-4-7-10-13-16-19-21-23-25-26-27-29-31-34-37-40-43-48-49(44-41-38-35-32-18-15-12-9-6-3)46-47-50(48)45-42-39-36-33-30-28-24-22-20-17-14-11-8-5-2/h46-48H,4-45H2,1-3H3.